The van der Waals surface area contributed by atoms with Gasteiger partial charge in [0.05, 0.1) is 11.5 Å². The SMILES string of the molecule is Cl.Nc1ccc(S(=O)(=O)NCCOS(=O)(=O)NC2CCCCC2)cc1. The zero-order chi connectivity index (χ0) is 17.6. The third-order valence-electron chi connectivity index (χ3n) is 3.74. The molecule has 1 saturated carbocycles. The van der Waals surface area contributed by atoms with Gasteiger partial charge < -0.3 is 5.73 Å². The molecule has 144 valence electrons. The fourth-order valence-electron chi connectivity index (χ4n) is 2.52. The van der Waals surface area contributed by atoms with Crippen molar-refractivity contribution in [1.29, 1.82) is 0 Å². The van der Waals surface area contributed by atoms with Crippen LogP contribution in [0.5, 0.6) is 0 Å². The molecule has 1 fully saturated rings. The van der Waals surface area contributed by atoms with Gasteiger partial charge in [0.1, 0.15) is 0 Å². The van der Waals surface area contributed by atoms with Crippen LogP contribution >= 0.6 is 12.4 Å². The smallest absolute Gasteiger partial charge is 0.336 e. The second kappa shape index (κ2) is 9.70. The molecule has 0 radical (unpaired) electrons. The van der Waals surface area contributed by atoms with E-state index in [0.29, 0.717) is 5.69 Å². The zero-order valence-electron chi connectivity index (χ0n) is 13.7. The molecule has 11 heteroatoms. The second-order valence-corrected chi connectivity index (χ2v) is 8.84. The van der Waals surface area contributed by atoms with Crippen molar-refractivity contribution < 1.29 is 21.0 Å². The van der Waals surface area contributed by atoms with E-state index >= 15 is 0 Å². The van der Waals surface area contributed by atoms with E-state index in [1.165, 1.54) is 24.3 Å². The van der Waals surface area contributed by atoms with Crippen LogP contribution in [0, 0.1) is 0 Å². The van der Waals surface area contributed by atoms with Gasteiger partial charge in [0, 0.05) is 18.3 Å². The number of hydrogen-bond donors (Lipinski definition) is 3. The Morgan fingerprint density at radius 2 is 1.64 bits per heavy atom. The molecule has 8 nitrogen and oxygen atoms in total. The van der Waals surface area contributed by atoms with E-state index in [1.807, 2.05) is 0 Å². The Morgan fingerprint density at radius 3 is 2.24 bits per heavy atom. The summed E-state index contributed by atoms with van der Waals surface area (Å²) >= 11 is 0. The molecular formula is C14H24ClN3O5S2. The molecule has 1 aliphatic carbocycles. The highest BCUT2D eigenvalue weighted by Gasteiger charge is 2.21. The predicted molar refractivity (Wildman–Crippen MR) is 98.2 cm³/mol. The third kappa shape index (κ3) is 7.47. The molecule has 0 aromatic heterocycles. The molecule has 25 heavy (non-hydrogen) atoms. The Balaban J connectivity index is 0.00000312. The van der Waals surface area contributed by atoms with Crippen molar-refractivity contribution >= 4 is 38.4 Å². The number of rotatable bonds is 8. The molecule has 1 aliphatic rings. The first kappa shape index (κ1) is 22.1. The van der Waals surface area contributed by atoms with Crippen molar-refractivity contribution in [2.45, 2.75) is 43.0 Å². The topological polar surface area (TPSA) is 128 Å². The van der Waals surface area contributed by atoms with Gasteiger partial charge in [0.15, 0.2) is 0 Å². The number of nitrogens with one attached hydrogen (secondary N) is 2. The van der Waals surface area contributed by atoms with E-state index in [2.05, 4.69) is 9.44 Å². The van der Waals surface area contributed by atoms with E-state index in [-0.39, 0.29) is 36.5 Å². The van der Waals surface area contributed by atoms with E-state index in [1.54, 1.807) is 0 Å². The van der Waals surface area contributed by atoms with Gasteiger partial charge in [-0.25, -0.2) is 13.1 Å². The lowest BCUT2D eigenvalue weighted by molar-refractivity contribution is 0.303. The van der Waals surface area contributed by atoms with Crippen LogP contribution in [-0.2, 0) is 24.5 Å². The van der Waals surface area contributed by atoms with Crippen molar-refractivity contribution in [1.82, 2.24) is 9.44 Å². The van der Waals surface area contributed by atoms with Gasteiger partial charge >= 0.3 is 10.3 Å². The number of nitrogen functional groups attached to an aromatic ring is 1. The molecule has 1 aromatic carbocycles. The molecule has 2 rings (SSSR count). The molecule has 0 saturated heterocycles. The van der Waals surface area contributed by atoms with Crippen LogP contribution in [0.3, 0.4) is 0 Å². The summed E-state index contributed by atoms with van der Waals surface area (Å²) in [5.74, 6) is 0. The molecule has 0 unspecified atom stereocenters. The van der Waals surface area contributed by atoms with Crippen LogP contribution in [0.1, 0.15) is 32.1 Å². The van der Waals surface area contributed by atoms with Crippen LogP contribution in [-0.4, -0.2) is 36.0 Å². The third-order valence-corrected chi connectivity index (χ3v) is 6.32. The number of anilines is 1. The molecule has 4 N–H and O–H groups in total. The van der Waals surface area contributed by atoms with Crippen molar-refractivity contribution in [3.63, 3.8) is 0 Å². The number of sulfonamides is 1. The fraction of sp³-hybridized carbons (Fsp3) is 0.571. The summed E-state index contributed by atoms with van der Waals surface area (Å²) in [6.45, 7) is -0.436. The molecular weight excluding hydrogens is 390 g/mol. The largest absolute Gasteiger partial charge is 0.399 e. The van der Waals surface area contributed by atoms with Crippen molar-refractivity contribution in [2.24, 2.45) is 0 Å². The van der Waals surface area contributed by atoms with Crippen LogP contribution in [0.25, 0.3) is 0 Å². The van der Waals surface area contributed by atoms with E-state index in [9.17, 15) is 16.8 Å². The maximum Gasteiger partial charge on any atom is 0.336 e. The Hall–Kier alpha value is -0.910. The van der Waals surface area contributed by atoms with Crippen LogP contribution in [0.2, 0.25) is 0 Å². The summed E-state index contributed by atoms with van der Waals surface area (Å²) in [5.41, 5.74) is 5.96. The lowest BCUT2D eigenvalue weighted by Gasteiger charge is -2.22. The number of benzene rings is 1. The first-order chi connectivity index (χ1) is 11.3. The Labute approximate surface area is 155 Å². The number of hydrogen-bond acceptors (Lipinski definition) is 6. The summed E-state index contributed by atoms with van der Waals surface area (Å²) in [4.78, 5) is 0.0555. The summed E-state index contributed by atoms with van der Waals surface area (Å²) in [7, 11) is -7.59. The maximum absolute atomic E-state index is 12.0. The van der Waals surface area contributed by atoms with Gasteiger partial charge in [-0.2, -0.15) is 13.1 Å². The first-order valence-electron chi connectivity index (χ1n) is 7.80. The van der Waals surface area contributed by atoms with Crippen LogP contribution < -0.4 is 15.2 Å². The van der Waals surface area contributed by atoms with Gasteiger partial charge in [-0.05, 0) is 37.1 Å². The van der Waals surface area contributed by atoms with Gasteiger partial charge in [-0.1, -0.05) is 19.3 Å². The highest BCUT2D eigenvalue weighted by molar-refractivity contribution is 7.89. The molecule has 0 amide bonds. The monoisotopic (exact) mass is 413 g/mol. The van der Waals surface area contributed by atoms with Gasteiger partial charge in [-0.15, -0.1) is 12.4 Å². The quantitative estimate of drug-likeness (QED) is 0.433. The van der Waals surface area contributed by atoms with Crippen molar-refractivity contribution in [3.05, 3.63) is 24.3 Å². The Kier molecular flexibility index (Phi) is 8.58. The van der Waals surface area contributed by atoms with Crippen LogP contribution in [0.15, 0.2) is 29.2 Å². The molecule has 0 bridgehead atoms. The summed E-state index contributed by atoms with van der Waals surface area (Å²) in [5, 5.41) is 0. The highest BCUT2D eigenvalue weighted by Crippen LogP contribution is 2.18. The molecule has 0 aliphatic heterocycles. The van der Waals surface area contributed by atoms with Crippen molar-refractivity contribution in [2.75, 3.05) is 18.9 Å². The predicted octanol–water partition coefficient (Wildman–Crippen LogP) is 1.15. The van der Waals surface area contributed by atoms with Gasteiger partial charge in [-0.3, -0.25) is 4.18 Å². The molecule has 0 atom stereocenters. The first-order valence-corrected chi connectivity index (χ1v) is 10.7. The molecule has 0 heterocycles. The lowest BCUT2D eigenvalue weighted by Crippen LogP contribution is -2.38. The average molecular weight is 414 g/mol. The van der Waals surface area contributed by atoms with Gasteiger partial charge in [0.25, 0.3) is 0 Å². The fourth-order valence-corrected chi connectivity index (χ4v) is 4.54. The number of halogens is 1. The minimum Gasteiger partial charge on any atom is -0.399 e. The molecule has 1 aromatic rings. The maximum atomic E-state index is 12.0. The minimum atomic E-state index is -3.87. The minimum absolute atomic E-state index is 0. The average Bonchev–Trinajstić information content (AvgIpc) is 2.53. The Bertz CT molecular complexity index is 732. The van der Waals surface area contributed by atoms with Crippen molar-refractivity contribution in [3.8, 4) is 0 Å². The summed E-state index contributed by atoms with van der Waals surface area (Å²) in [6, 6.07) is 5.60. The standard InChI is InChI=1S/C14H23N3O5S2.ClH/c15-12-6-8-14(9-7-12)23(18,19)16-10-11-22-24(20,21)17-13-4-2-1-3-5-13;/h6-9,13,16-17H,1-5,10-11,15H2;1H. The zero-order valence-corrected chi connectivity index (χ0v) is 16.1. The van der Waals surface area contributed by atoms with Crippen LogP contribution in [0.4, 0.5) is 5.69 Å². The van der Waals surface area contributed by atoms with E-state index < -0.39 is 20.3 Å². The lowest BCUT2D eigenvalue weighted by atomic mass is 9.96. The molecule has 0 spiro atoms. The van der Waals surface area contributed by atoms with E-state index in [0.717, 1.165) is 32.1 Å². The summed E-state index contributed by atoms with van der Waals surface area (Å²) < 4.78 is 57.2. The summed E-state index contributed by atoms with van der Waals surface area (Å²) in [6.07, 6.45) is 4.70. The second-order valence-electron chi connectivity index (χ2n) is 5.70. The van der Waals surface area contributed by atoms with Gasteiger partial charge in [0.2, 0.25) is 10.0 Å². The Morgan fingerprint density at radius 1 is 1.04 bits per heavy atom. The normalized spacial score (nSPS) is 16.3. The highest BCUT2D eigenvalue weighted by atomic mass is 35.5. The number of nitrogens with two attached hydrogens (primary N) is 1. The van der Waals surface area contributed by atoms with E-state index in [4.69, 9.17) is 9.92 Å².